The van der Waals surface area contributed by atoms with Crippen molar-refractivity contribution in [1.29, 1.82) is 0 Å². The number of hydrogen-bond acceptors (Lipinski definition) is 1. The molecular weight excluding hydrogens is 100 g/mol. The van der Waals surface area contributed by atoms with Crippen molar-refractivity contribution < 1.29 is 5.32 Å². The third kappa shape index (κ3) is 0.644. The van der Waals surface area contributed by atoms with Crippen molar-refractivity contribution in [2.75, 3.05) is 13.1 Å². The van der Waals surface area contributed by atoms with Gasteiger partial charge in [-0.3, -0.25) is 0 Å². The van der Waals surface area contributed by atoms with Gasteiger partial charge >= 0.3 is 0 Å². The first kappa shape index (κ1) is 4.77. The molecular formula is C6H13N2+. The fourth-order valence-corrected chi connectivity index (χ4v) is 1.80. The second-order valence-electron chi connectivity index (χ2n) is 2.95. The molecule has 2 fully saturated rings. The minimum absolute atomic E-state index is 0.925. The number of nitrogens with two attached hydrogens (primary N) is 1. The van der Waals surface area contributed by atoms with Crippen molar-refractivity contribution in [2.24, 2.45) is 0 Å². The standard InChI is InChI=1S/C6H12N2/c1-2-6-4-7-3-5(1)8-6/h5-8H,1-4H2/p+1. The highest BCUT2D eigenvalue weighted by molar-refractivity contribution is 4.76. The van der Waals surface area contributed by atoms with E-state index in [2.05, 4.69) is 10.6 Å². The molecule has 0 aromatic rings. The van der Waals surface area contributed by atoms with Crippen LogP contribution >= 0.6 is 0 Å². The summed E-state index contributed by atoms with van der Waals surface area (Å²) in [7, 11) is 0. The average molecular weight is 113 g/mol. The summed E-state index contributed by atoms with van der Waals surface area (Å²) < 4.78 is 0. The van der Waals surface area contributed by atoms with E-state index >= 15 is 0 Å². The molecule has 0 aromatic heterocycles. The summed E-state index contributed by atoms with van der Waals surface area (Å²) in [5.41, 5.74) is 0. The fraction of sp³-hybridized carbons (Fsp3) is 1.00. The van der Waals surface area contributed by atoms with Gasteiger partial charge < -0.3 is 10.6 Å². The lowest BCUT2D eigenvalue weighted by Gasteiger charge is -2.17. The molecule has 2 nitrogen and oxygen atoms in total. The number of piperazine rings is 1. The van der Waals surface area contributed by atoms with Gasteiger partial charge in [0.1, 0.15) is 0 Å². The van der Waals surface area contributed by atoms with Gasteiger partial charge in [0.2, 0.25) is 0 Å². The lowest BCUT2D eigenvalue weighted by atomic mass is 10.2. The first-order chi connectivity index (χ1) is 3.95. The van der Waals surface area contributed by atoms with Crippen molar-refractivity contribution in [3.63, 3.8) is 0 Å². The molecule has 2 saturated heterocycles. The maximum Gasteiger partial charge on any atom is 0.0990 e. The fourth-order valence-electron chi connectivity index (χ4n) is 1.80. The van der Waals surface area contributed by atoms with Crippen LogP contribution in [0.15, 0.2) is 0 Å². The number of nitrogens with one attached hydrogen (secondary N) is 1. The zero-order chi connectivity index (χ0) is 5.40. The van der Waals surface area contributed by atoms with E-state index in [1.807, 2.05) is 0 Å². The number of fused-ring (bicyclic) bond motifs is 2. The van der Waals surface area contributed by atoms with Crippen molar-refractivity contribution >= 4 is 0 Å². The molecule has 2 aliphatic heterocycles. The maximum atomic E-state index is 3.42. The Bertz CT molecular complexity index is 78.5. The summed E-state index contributed by atoms with van der Waals surface area (Å²) in [5.74, 6) is 0. The molecule has 2 atom stereocenters. The van der Waals surface area contributed by atoms with E-state index in [9.17, 15) is 0 Å². The van der Waals surface area contributed by atoms with Crippen LogP contribution in [0.25, 0.3) is 0 Å². The zero-order valence-corrected chi connectivity index (χ0v) is 5.06. The van der Waals surface area contributed by atoms with E-state index in [0.717, 1.165) is 12.1 Å². The molecule has 2 bridgehead atoms. The number of rotatable bonds is 0. The number of quaternary nitrogens is 1. The first-order valence-corrected chi connectivity index (χ1v) is 3.51. The highest BCUT2D eigenvalue weighted by Crippen LogP contribution is 2.06. The molecule has 0 saturated carbocycles. The van der Waals surface area contributed by atoms with Crippen molar-refractivity contribution in [3.8, 4) is 0 Å². The molecule has 0 aromatic carbocycles. The van der Waals surface area contributed by atoms with E-state index in [1.54, 1.807) is 0 Å². The van der Waals surface area contributed by atoms with Crippen molar-refractivity contribution in [3.05, 3.63) is 0 Å². The molecule has 2 heteroatoms. The Morgan fingerprint density at radius 3 is 2.25 bits per heavy atom. The quantitative estimate of drug-likeness (QED) is 0.401. The third-order valence-corrected chi connectivity index (χ3v) is 2.27. The van der Waals surface area contributed by atoms with Crippen LogP contribution in [-0.4, -0.2) is 25.2 Å². The van der Waals surface area contributed by atoms with Gasteiger partial charge in [-0.2, -0.15) is 0 Å². The molecule has 0 aliphatic carbocycles. The van der Waals surface area contributed by atoms with Gasteiger partial charge in [0.05, 0.1) is 12.1 Å². The van der Waals surface area contributed by atoms with Crippen LogP contribution in [0.5, 0.6) is 0 Å². The van der Waals surface area contributed by atoms with Gasteiger partial charge in [0, 0.05) is 25.9 Å². The summed E-state index contributed by atoms with van der Waals surface area (Å²) in [6.07, 6.45) is 2.88. The van der Waals surface area contributed by atoms with Crippen molar-refractivity contribution in [1.82, 2.24) is 5.32 Å². The molecule has 2 heterocycles. The van der Waals surface area contributed by atoms with E-state index in [1.165, 1.54) is 25.9 Å². The predicted molar refractivity (Wildman–Crippen MR) is 31.6 cm³/mol. The van der Waals surface area contributed by atoms with Crippen LogP contribution in [-0.2, 0) is 0 Å². The topological polar surface area (TPSA) is 28.6 Å². The Hall–Kier alpha value is -0.0800. The van der Waals surface area contributed by atoms with E-state index in [0.29, 0.717) is 0 Å². The normalized spacial score (nSPS) is 45.0. The van der Waals surface area contributed by atoms with Crippen LogP contribution in [0.2, 0.25) is 0 Å². The van der Waals surface area contributed by atoms with Crippen LogP contribution in [0.4, 0.5) is 0 Å². The smallest absolute Gasteiger partial charge is 0.0990 e. The van der Waals surface area contributed by atoms with E-state index < -0.39 is 0 Å². The lowest BCUT2D eigenvalue weighted by molar-refractivity contribution is -0.704. The van der Waals surface area contributed by atoms with Crippen LogP contribution < -0.4 is 10.6 Å². The van der Waals surface area contributed by atoms with E-state index in [-0.39, 0.29) is 0 Å². The highest BCUT2D eigenvalue weighted by atomic mass is 15.1. The molecule has 46 valence electrons. The van der Waals surface area contributed by atoms with E-state index in [4.69, 9.17) is 0 Å². The van der Waals surface area contributed by atoms with Crippen LogP contribution in [0, 0.1) is 0 Å². The highest BCUT2D eigenvalue weighted by Gasteiger charge is 2.31. The third-order valence-electron chi connectivity index (χ3n) is 2.27. The molecule has 2 unspecified atom stereocenters. The van der Waals surface area contributed by atoms with Crippen molar-refractivity contribution in [2.45, 2.75) is 24.9 Å². The minimum Gasteiger partial charge on any atom is -0.339 e. The first-order valence-electron chi connectivity index (χ1n) is 3.51. The molecule has 8 heavy (non-hydrogen) atoms. The van der Waals surface area contributed by atoms with Gasteiger partial charge in [-0.15, -0.1) is 0 Å². The Morgan fingerprint density at radius 1 is 1.12 bits per heavy atom. The molecule has 0 amide bonds. The maximum absolute atomic E-state index is 3.42. The summed E-state index contributed by atoms with van der Waals surface area (Å²) >= 11 is 0. The molecule has 0 spiro atoms. The van der Waals surface area contributed by atoms with Gasteiger partial charge in [0.15, 0.2) is 0 Å². The van der Waals surface area contributed by atoms with Crippen LogP contribution in [0.3, 0.4) is 0 Å². The van der Waals surface area contributed by atoms with Gasteiger partial charge in [-0.1, -0.05) is 0 Å². The summed E-state index contributed by atoms with van der Waals surface area (Å²) in [6.45, 7) is 2.49. The monoisotopic (exact) mass is 113 g/mol. The summed E-state index contributed by atoms with van der Waals surface area (Å²) in [4.78, 5) is 0. The lowest BCUT2D eigenvalue weighted by Crippen LogP contribution is -2.96. The van der Waals surface area contributed by atoms with Crippen LogP contribution in [0.1, 0.15) is 12.8 Å². The predicted octanol–water partition coefficient (Wildman–Crippen LogP) is -1.32. The Morgan fingerprint density at radius 2 is 1.75 bits per heavy atom. The largest absolute Gasteiger partial charge is 0.339 e. The zero-order valence-electron chi connectivity index (χ0n) is 5.06. The molecule has 0 radical (unpaired) electrons. The average Bonchev–Trinajstić information content (AvgIpc) is 2.12. The minimum atomic E-state index is 0.925. The second-order valence-corrected chi connectivity index (χ2v) is 2.95. The molecule has 2 rings (SSSR count). The SMILES string of the molecule is C1CC2CNCC1[NH2+]2. The Kier molecular flexibility index (Phi) is 1.02. The summed E-state index contributed by atoms with van der Waals surface area (Å²) in [5, 5.41) is 5.94. The summed E-state index contributed by atoms with van der Waals surface area (Å²) in [6, 6.07) is 1.85. The molecule has 2 aliphatic rings. The number of hydrogen-bond donors (Lipinski definition) is 2. The Labute approximate surface area is 49.7 Å². The Balaban J connectivity index is 2.03. The van der Waals surface area contributed by atoms with Gasteiger partial charge in [-0.05, 0) is 0 Å². The molecule has 3 N–H and O–H groups in total. The van der Waals surface area contributed by atoms with Gasteiger partial charge in [0.25, 0.3) is 0 Å². The van der Waals surface area contributed by atoms with Gasteiger partial charge in [-0.25, -0.2) is 0 Å². The second kappa shape index (κ2) is 1.71.